The summed E-state index contributed by atoms with van der Waals surface area (Å²) >= 11 is 0. The first-order chi connectivity index (χ1) is 10.2. The largest absolute Gasteiger partial charge is 0.408 e. The fraction of sp³-hybridized carbons (Fsp3) is 0.562. The normalized spacial score (nSPS) is 22.7. The molecule has 0 bridgehead atoms. The maximum absolute atomic E-state index is 13.1. The number of alkyl halides is 3. The van der Waals surface area contributed by atoms with E-state index in [-0.39, 0.29) is 31.8 Å². The van der Waals surface area contributed by atoms with Crippen molar-refractivity contribution in [3.8, 4) is 0 Å². The SMILES string of the molecule is Cc1ccc(C)c(CC(=O)N2CC(N)CCC2C(F)(F)F)c1. The van der Waals surface area contributed by atoms with Gasteiger partial charge in [-0.25, -0.2) is 0 Å². The van der Waals surface area contributed by atoms with Gasteiger partial charge in [-0.2, -0.15) is 13.2 Å². The van der Waals surface area contributed by atoms with Crippen LogP contribution >= 0.6 is 0 Å². The van der Waals surface area contributed by atoms with E-state index in [1.165, 1.54) is 0 Å². The minimum absolute atomic E-state index is 0.0210. The first-order valence-electron chi connectivity index (χ1n) is 7.36. The molecule has 3 nitrogen and oxygen atoms in total. The number of likely N-dealkylation sites (tertiary alicyclic amines) is 1. The van der Waals surface area contributed by atoms with Crippen molar-refractivity contribution in [2.24, 2.45) is 5.73 Å². The lowest BCUT2D eigenvalue weighted by Crippen LogP contribution is -2.57. The molecule has 2 unspecified atom stereocenters. The van der Waals surface area contributed by atoms with E-state index in [4.69, 9.17) is 5.73 Å². The first-order valence-corrected chi connectivity index (χ1v) is 7.36. The summed E-state index contributed by atoms with van der Waals surface area (Å²) < 4.78 is 39.4. The van der Waals surface area contributed by atoms with Crippen LogP contribution in [0.25, 0.3) is 0 Å². The second-order valence-electron chi connectivity index (χ2n) is 6.05. The molecule has 2 rings (SSSR count). The van der Waals surface area contributed by atoms with Crippen LogP contribution in [-0.4, -0.2) is 35.6 Å². The summed E-state index contributed by atoms with van der Waals surface area (Å²) in [5.74, 6) is -0.508. The molecule has 1 aromatic rings. The molecule has 0 spiro atoms. The Hall–Kier alpha value is -1.56. The topological polar surface area (TPSA) is 46.3 Å². The van der Waals surface area contributed by atoms with Gasteiger partial charge in [0.25, 0.3) is 0 Å². The highest BCUT2D eigenvalue weighted by molar-refractivity contribution is 5.79. The Morgan fingerprint density at radius 3 is 2.64 bits per heavy atom. The van der Waals surface area contributed by atoms with Crippen LogP contribution in [0.2, 0.25) is 0 Å². The average Bonchev–Trinajstić information content (AvgIpc) is 2.41. The number of nitrogens with zero attached hydrogens (tertiary/aromatic N) is 1. The molecule has 1 fully saturated rings. The Bertz CT molecular complexity index is 557. The summed E-state index contributed by atoms with van der Waals surface area (Å²) in [7, 11) is 0. The number of halogens is 3. The molecule has 0 radical (unpaired) electrons. The molecule has 1 aliphatic heterocycles. The van der Waals surface area contributed by atoms with Crippen molar-refractivity contribution in [3.63, 3.8) is 0 Å². The lowest BCUT2D eigenvalue weighted by atomic mass is 9.96. The summed E-state index contributed by atoms with van der Waals surface area (Å²) in [5, 5.41) is 0. The lowest BCUT2D eigenvalue weighted by molar-refractivity contribution is -0.196. The Labute approximate surface area is 128 Å². The fourth-order valence-corrected chi connectivity index (χ4v) is 2.87. The van der Waals surface area contributed by atoms with Crippen LogP contribution in [0.3, 0.4) is 0 Å². The minimum atomic E-state index is -4.41. The quantitative estimate of drug-likeness (QED) is 0.912. The molecule has 0 saturated carbocycles. The molecule has 2 N–H and O–H groups in total. The van der Waals surface area contributed by atoms with E-state index in [2.05, 4.69) is 0 Å². The maximum atomic E-state index is 13.1. The molecule has 1 aliphatic rings. The van der Waals surface area contributed by atoms with Gasteiger partial charge in [-0.05, 0) is 37.8 Å². The smallest absolute Gasteiger partial charge is 0.329 e. The summed E-state index contributed by atoms with van der Waals surface area (Å²) in [6.07, 6.45) is -4.26. The van der Waals surface area contributed by atoms with Crippen molar-refractivity contribution in [2.75, 3.05) is 6.54 Å². The second-order valence-corrected chi connectivity index (χ2v) is 6.05. The predicted molar refractivity (Wildman–Crippen MR) is 78.4 cm³/mol. The molecule has 0 aliphatic carbocycles. The highest BCUT2D eigenvalue weighted by Crippen LogP contribution is 2.32. The van der Waals surface area contributed by atoms with Crippen LogP contribution in [-0.2, 0) is 11.2 Å². The molecule has 0 aromatic heterocycles. The summed E-state index contributed by atoms with van der Waals surface area (Å²) in [6.45, 7) is 3.71. The van der Waals surface area contributed by atoms with Crippen molar-refractivity contribution < 1.29 is 18.0 Å². The Morgan fingerprint density at radius 1 is 1.32 bits per heavy atom. The highest BCUT2D eigenvalue weighted by atomic mass is 19.4. The zero-order chi connectivity index (χ0) is 16.5. The summed E-state index contributed by atoms with van der Waals surface area (Å²) in [4.78, 5) is 13.3. The standard InChI is InChI=1S/C16H21F3N2O/c1-10-3-4-11(2)12(7-10)8-15(22)21-9-13(20)5-6-14(21)16(17,18)19/h3-4,7,13-14H,5-6,8-9,20H2,1-2H3. The van der Waals surface area contributed by atoms with Crippen LogP contribution in [0.15, 0.2) is 18.2 Å². The first kappa shape index (κ1) is 16.8. The van der Waals surface area contributed by atoms with Gasteiger partial charge in [0.05, 0.1) is 6.42 Å². The molecule has 1 amide bonds. The molecule has 6 heteroatoms. The fourth-order valence-electron chi connectivity index (χ4n) is 2.87. The predicted octanol–water partition coefficient (Wildman–Crippen LogP) is 2.73. The number of piperidine rings is 1. The van der Waals surface area contributed by atoms with E-state index in [0.717, 1.165) is 21.6 Å². The van der Waals surface area contributed by atoms with E-state index in [1.807, 2.05) is 32.0 Å². The number of benzene rings is 1. The molecule has 122 valence electrons. The van der Waals surface area contributed by atoms with Crippen LogP contribution in [0.1, 0.15) is 29.5 Å². The van der Waals surface area contributed by atoms with Crippen LogP contribution in [0.4, 0.5) is 13.2 Å². The third-order valence-corrected chi connectivity index (χ3v) is 4.16. The van der Waals surface area contributed by atoms with Crippen molar-refractivity contribution in [1.82, 2.24) is 4.90 Å². The number of hydrogen-bond acceptors (Lipinski definition) is 2. The van der Waals surface area contributed by atoms with E-state index < -0.39 is 18.1 Å². The van der Waals surface area contributed by atoms with Gasteiger partial charge in [-0.3, -0.25) is 4.79 Å². The van der Waals surface area contributed by atoms with Gasteiger partial charge >= 0.3 is 6.18 Å². The van der Waals surface area contributed by atoms with Crippen LogP contribution in [0, 0.1) is 13.8 Å². The monoisotopic (exact) mass is 314 g/mol. The van der Waals surface area contributed by atoms with Gasteiger partial charge in [0.2, 0.25) is 5.91 Å². The highest BCUT2D eigenvalue weighted by Gasteiger charge is 2.47. The van der Waals surface area contributed by atoms with Gasteiger partial charge in [-0.1, -0.05) is 23.8 Å². The van der Waals surface area contributed by atoms with E-state index in [9.17, 15) is 18.0 Å². The lowest BCUT2D eigenvalue weighted by Gasteiger charge is -2.39. The summed E-state index contributed by atoms with van der Waals surface area (Å²) in [6, 6.07) is 3.53. The average molecular weight is 314 g/mol. The number of hydrogen-bond donors (Lipinski definition) is 1. The molecular weight excluding hydrogens is 293 g/mol. The van der Waals surface area contributed by atoms with Gasteiger partial charge in [0.15, 0.2) is 0 Å². The van der Waals surface area contributed by atoms with E-state index in [0.29, 0.717) is 0 Å². The van der Waals surface area contributed by atoms with Crippen molar-refractivity contribution in [2.45, 2.75) is 51.4 Å². The van der Waals surface area contributed by atoms with Crippen LogP contribution < -0.4 is 5.73 Å². The number of rotatable bonds is 2. The number of aryl methyl sites for hydroxylation is 2. The molecule has 1 heterocycles. The van der Waals surface area contributed by atoms with Gasteiger partial charge in [-0.15, -0.1) is 0 Å². The van der Waals surface area contributed by atoms with Crippen molar-refractivity contribution in [3.05, 3.63) is 34.9 Å². The van der Waals surface area contributed by atoms with Gasteiger partial charge < -0.3 is 10.6 Å². The third-order valence-electron chi connectivity index (χ3n) is 4.16. The number of nitrogens with two attached hydrogens (primary N) is 1. The Balaban J connectivity index is 2.19. The second kappa shape index (κ2) is 6.28. The number of amides is 1. The Morgan fingerprint density at radius 2 is 2.00 bits per heavy atom. The molecule has 1 saturated heterocycles. The van der Waals surface area contributed by atoms with Crippen molar-refractivity contribution >= 4 is 5.91 Å². The third kappa shape index (κ3) is 3.80. The minimum Gasteiger partial charge on any atom is -0.329 e. The molecular formula is C16H21F3N2O. The molecule has 2 atom stereocenters. The number of carbonyl (C=O) groups is 1. The Kier molecular flexibility index (Phi) is 4.80. The van der Waals surface area contributed by atoms with E-state index >= 15 is 0 Å². The maximum Gasteiger partial charge on any atom is 0.408 e. The summed E-state index contributed by atoms with van der Waals surface area (Å²) in [5.41, 5.74) is 8.41. The van der Waals surface area contributed by atoms with Crippen molar-refractivity contribution in [1.29, 1.82) is 0 Å². The zero-order valence-corrected chi connectivity index (χ0v) is 12.8. The van der Waals surface area contributed by atoms with Crippen LogP contribution in [0.5, 0.6) is 0 Å². The van der Waals surface area contributed by atoms with E-state index in [1.54, 1.807) is 0 Å². The van der Waals surface area contributed by atoms with Gasteiger partial charge in [0, 0.05) is 12.6 Å². The molecule has 1 aromatic carbocycles. The van der Waals surface area contributed by atoms with Gasteiger partial charge in [0.1, 0.15) is 6.04 Å². The number of carbonyl (C=O) groups excluding carboxylic acids is 1. The zero-order valence-electron chi connectivity index (χ0n) is 12.8. The molecule has 22 heavy (non-hydrogen) atoms.